The standard InChI is InChI=1S/C13H21Br6Cl2O4P/c1-9(2,6-14)12(16,17)11(5-8(20)21,25-26(22,23)24)13(18,19)10(3,4)7-15/h8H,5-7H2,1-4H3,(H2,22,23,24). The molecule has 158 valence electrons. The lowest BCUT2D eigenvalue weighted by atomic mass is 9.72. The molecule has 0 amide bonds. The molecule has 0 aliphatic rings. The third-order valence-electron chi connectivity index (χ3n) is 4.10. The molecule has 0 atom stereocenters. The molecule has 0 fully saturated rings. The van der Waals surface area contributed by atoms with Crippen molar-refractivity contribution < 1.29 is 18.9 Å². The molecule has 0 unspecified atom stereocenters. The second kappa shape index (κ2) is 10.0. The largest absolute Gasteiger partial charge is 0.470 e. The Bertz CT molecular complexity index is 511. The predicted octanol–water partition coefficient (Wildman–Crippen LogP) is 7.84. The van der Waals surface area contributed by atoms with Gasteiger partial charge in [-0.25, -0.2) is 4.57 Å². The van der Waals surface area contributed by atoms with Crippen molar-refractivity contribution in [1.82, 2.24) is 0 Å². The molecule has 26 heavy (non-hydrogen) atoms. The summed E-state index contributed by atoms with van der Waals surface area (Å²) < 4.78 is 15.2. The van der Waals surface area contributed by atoms with Crippen LogP contribution in [-0.4, -0.2) is 37.4 Å². The van der Waals surface area contributed by atoms with E-state index in [0.717, 1.165) is 0 Å². The summed E-state index contributed by atoms with van der Waals surface area (Å²) in [6.45, 7) is 7.60. The van der Waals surface area contributed by atoms with Gasteiger partial charge in [0, 0.05) is 27.9 Å². The lowest BCUT2D eigenvalue weighted by Crippen LogP contribution is -2.68. The highest BCUT2D eigenvalue weighted by Crippen LogP contribution is 2.69. The molecular weight excluding hydrogens is 801 g/mol. The van der Waals surface area contributed by atoms with E-state index in [9.17, 15) is 14.4 Å². The van der Waals surface area contributed by atoms with E-state index >= 15 is 0 Å². The lowest BCUT2D eigenvalue weighted by Gasteiger charge is -2.59. The molecule has 0 saturated carbocycles. The van der Waals surface area contributed by atoms with Crippen molar-refractivity contribution >= 4 is 127 Å². The SMILES string of the molecule is CC(C)(CBr)C(Br)(Br)C(CC(Cl)Cl)(OP(=O)(O)O)C(Br)(Br)C(C)(C)CBr. The molecule has 4 nitrogen and oxygen atoms in total. The van der Waals surface area contributed by atoms with Crippen LogP contribution in [0.2, 0.25) is 0 Å². The zero-order valence-corrected chi connectivity index (χ0v) is 26.3. The zero-order valence-electron chi connectivity index (χ0n) is 14.4. The van der Waals surface area contributed by atoms with Gasteiger partial charge in [-0.3, -0.25) is 4.52 Å². The molecule has 0 radical (unpaired) electrons. The van der Waals surface area contributed by atoms with E-state index < -0.39 is 35.6 Å². The molecule has 0 aromatic rings. The van der Waals surface area contributed by atoms with Crippen molar-refractivity contribution in [2.45, 2.75) is 51.0 Å². The highest BCUT2D eigenvalue weighted by molar-refractivity contribution is 9.26. The molecule has 0 aliphatic heterocycles. The van der Waals surface area contributed by atoms with Crippen LogP contribution in [-0.2, 0) is 9.09 Å². The Balaban J connectivity index is 7.07. The Labute approximate surface area is 215 Å². The monoisotopic (exact) mass is 816 g/mol. The number of hydrogen-bond acceptors (Lipinski definition) is 2. The highest BCUT2D eigenvalue weighted by Gasteiger charge is 2.71. The van der Waals surface area contributed by atoms with Gasteiger partial charge in [-0.1, -0.05) is 123 Å². The molecule has 0 bridgehead atoms. The van der Waals surface area contributed by atoms with Gasteiger partial charge in [-0.15, -0.1) is 23.2 Å². The first kappa shape index (κ1) is 29.6. The molecule has 0 heterocycles. The second-order valence-corrected chi connectivity index (χ2v) is 17.6. The summed E-state index contributed by atoms with van der Waals surface area (Å²) in [5, 5.41) is 0.950. The smallest absolute Gasteiger partial charge is 0.303 e. The Kier molecular flexibility index (Phi) is 11.4. The van der Waals surface area contributed by atoms with E-state index in [1.54, 1.807) is 0 Å². The van der Waals surface area contributed by atoms with Crippen molar-refractivity contribution in [2.24, 2.45) is 10.8 Å². The van der Waals surface area contributed by atoms with Crippen LogP contribution < -0.4 is 0 Å². The van der Waals surface area contributed by atoms with Gasteiger partial charge in [0.2, 0.25) is 0 Å². The summed E-state index contributed by atoms with van der Waals surface area (Å²) in [5.41, 5.74) is -2.87. The molecule has 0 rings (SSSR count). The summed E-state index contributed by atoms with van der Waals surface area (Å²) in [7, 11) is -4.96. The van der Waals surface area contributed by atoms with Crippen LogP contribution in [0.25, 0.3) is 0 Å². The van der Waals surface area contributed by atoms with E-state index in [1.807, 2.05) is 27.7 Å². The fourth-order valence-electron chi connectivity index (χ4n) is 2.29. The maximum Gasteiger partial charge on any atom is 0.470 e. The van der Waals surface area contributed by atoms with Gasteiger partial charge in [0.05, 0.1) is 0 Å². The number of hydrogen-bond donors (Lipinski definition) is 2. The van der Waals surface area contributed by atoms with Crippen LogP contribution in [0.15, 0.2) is 0 Å². The average Bonchev–Trinajstić information content (AvgIpc) is 2.43. The molecule has 0 aliphatic carbocycles. The average molecular weight is 823 g/mol. The topological polar surface area (TPSA) is 66.8 Å². The van der Waals surface area contributed by atoms with E-state index in [4.69, 9.17) is 27.7 Å². The zero-order chi connectivity index (χ0) is 21.4. The van der Waals surface area contributed by atoms with Crippen molar-refractivity contribution in [1.29, 1.82) is 0 Å². The Morgan fingerprint density at radius 3 is 1.42 bits per heavy atom. The molecule has 0 spiro atoms. The van der Waals surface area contributed by atoms with Gasteiger partial charge in [-0.2, -0.15) is 0 Å². The number of phosphoric ester groups is 1. The molecule has 13 heteroatoms. The van der Waals surface area contributed by atoms with E-state index in [0.29, 0.717) is 10.7 Å². The lowest BCUT2D eigenvalue weighted by molar-refractivity contribution is -0.0291. The molecular formula is C13H21Br6Cl2O4P. The van der Waals surface area contributed by atoms with E-state index in [2.05, 4.69) is 95.6 Å². The van der Waals surface area contributed by atoms with Gasteiger partial charge in [0.1, 0.15) is 16.9 Å². The summed E-state index contributed by atoms with van der Waals surface area (Å²) in [6, 6.07) is 0. The minimum atomic E-state index is -4.96. The quantitative estimate of drug-likeness (QED) is 0.174. The Hall–Kier alpha value is 3.57. The third kappa shape index (κ3) is 6.08. The minimum absolute atomic E-state index is 0.110. The first-order valence-corrected chi connectivity index (χ1v) is 15.0. The number of rotatable bonds is 10. The normalized spacial score (nSPS) is 15.7. The molecule has 2 N–H and O–H groups in total. The van der Waals surface area contributed by atoms with Crippen molar-refractivity contribution in [2.75, 3.05) is 10.7 Å². The molecule has 0 aromatic carbocycles. The van der Waals surface area contributed by atoms with Crippen molar-refractivity contribution in [3.63, 3.8) is 0 Å². The Morgan fingerprint density at radius 1 is 0.923 bits per heavy atom. The van der Waals surface area contributed by atoms with E-state index in [1.165, 1.54) is 0 Å². The fourth-order valence-corrected chi connectivity index (χ4v) is 10.1. The van der Waals surface area contributed by atoms with Gasteiger partial charge >= 0.3 is 7.82 Å². The van der Waals surface area contributed by atoms with Crippen molar-refractivity contribution in [3.8, 4) is 0 Å². The summed E-state index contributed by atoms with van der Waals surface area (Å²) in [6.07, 6.45) is -0.110. The van der Waals surface area contributed by atoms with Gasteiger partial charge in [0.15, 0.2) is 0 Å². The number of halogens is 8. The predicted molar refractivity (Wildman–Crippen MR) is 132 cm³/mol. The summed E-state index contributed by atoms with van der Waals surface area (Å²) in [5.74, 6) is 0. The van der Waals surface area contributed by atoms with Crippen molar-refractivity contribution in [3.05, 3.63) is 0 Å². The second-order valence-electron chi connectivity index (χ2n) is 7.19. The first-order chi connectivity index (χ1) is 11.2. The highest BCUT2D eigenvalue weighted by atomic mass is 79.9. The molecule has 0 saturated heterocycles. The third-order valence-corrected chi connectivity index (χ3v) is 14.6. The Morgan fingerprint density at radius 2 is 1.23 bits per heavy atom. The van der Waals surface area contributed by atoms with Crippen LogP contribution in [0.4, 0.5) is 0 Å². The number of phosphoric acid groups is 1. The first-order valence-electron chi connectivity index (χ1n) is 7.17. The van der Waals surface area contributed by atoms with E-state index in [-0.39, 0.29) is 6.42 Å². The van der Waals surface area contributed by atoms with Crippen LogP contribution in [0.3, 0.4) is 0 Å². The summed E-state index contributed by atoms with van der Waals surface area (Å²) in [4.78, 5) is 18.6. The maximum atomic E-state index is 12.0. The van der Waals surface area contributed by atoms with Crippen LogP contribution in [0, 0.1) is 10.8 Å². The number of alkyl halides is 8. The van der Waals surface area contributed by atoms with Crippen LogP contribution >= 0.6 is 127 Å². The van der Waals surface area contributed by atoms with Gasteiger partial charge in [0.25, 0.3) is 0 Å². The van der Waals surface area contributed by atoms with Gasteiger partial charge in [-0.05, 0) is 0 Å². The fraction of sp³-hybridized carbons (Fsp3) is 1.00. The van der Waals surface area contributed by atoms with Crippen LogP contribution in [0.5, 0.6) is 0 Å². The maximum absolute atomic E-state index is 12.0. The molecule has 0 aromatic heterocycles. The summed E-state index contributed by atoms with van der Waals surface area (Å²) >= 11 is 33.8. The van der Waals surface area contributed by atoms with Gasteiger partial charge < -0.3 is 9.79 Å². The van der Waals surface area contributed by atoms with Crippen LogP contribution in [0.1, 0.15) is 34.1 Å². The minimum Gasteiger partial charge on any atom is -0.303 e.